The van der Waals surface area contributed by atoms with Crippen LogP contribution >= 0.6 is 0 Å². The van der Waals surface area contributed by atoms with Gasteiger partial charge in [0.1, 0.15) is 0 Å². The highest BCUT2D eigenvalue weighted by Gasteiger charge is 2.21. The van der Waals surface area contributed by atoms with Gasteiger partial charge in [-0.3, -0.25) is 9.89 Å². The van der Waals surface area contributed by atoms with E-state index in [2.05, 4.69) is 15.5 Å². The zero-order valence-electron chi connectivity index (χ0n) is 6.79. The number of aromatic amines is 1. The molecule has 64 valence electrons. The van der Waals surface area contributed by atoms with Gasteiger partial charge in [-0.1, -0.05) is 12.1 Å². The third-order valence-electron chi connectivity index (χ3n) is 2.37. The first-order valence-corrected chi connectivity index (χ1v) is 4.09. The molecule has 2 N–H and O–H groups in total. The molecule has 0 saturated heterocycles. The van der Waals surface area contributed by atoms with Crippen LogP contribution in [0.2, 0.25) is 0 Å². The van der Waals surface area contributed by atoms with Crippen molar-refractivity contribution in [2.75, 3.05) is 0 Å². The normalized spacial score (nSPS) is 14.6. The summed E-state index contributed by atoms with van der Waals surface area (Å²) < 4.78 is 0. The van der Waals surface area contributed by atoms with Crippen molar-refractivity contribution in [1.82, 2.24) is 15.5 Å². The zero-order valence-corrected chi connectivity index (χ0v) is 6.79. The van der Waals surface area contributed by atoms with Crippen LogP contribution in [-0.4, -0.2) is 16.1 Å². The second-order valence-corrected chi connectivity index (χ2v) is 3.12. The van der Waals surface area contributed by atoms with Crippen LogP contribution in [0.15, 0.2) is 18.3 Å². The molecule has 4 nitrogen and oxygen atoms in total. The summed E-state index contributed by atoms with van der Waals surface area (Å²) in [7, 11) is 0. The lowest BCUT2D eigenvalue weighted by atomic mass is 10.1. The minimum Gasteiger partial charge on any atom is -0.348 e. The van der Waals surface area contributed by atoms with Crippen molar-refractivity contribution in [1.29, 1.82) is 0 Å². The van der Waals surface area contributed by atoms with Crippen molar-refractivity contribution in [3.05, 3.63) is 29.5 Å². The number of carbonyl (C=O) groups excluding carboxylic acids is 1. The van der Waals surface area contributed by atoms with E-state index in [9.17, 15) is 4.79 Å². The molecule has 2 heterocycles. The van der Waals surface area contributed by atoms with Crippen LogP contribution in [0.4, 0.5) is 0 Å². The fourth-order valence-electron chi connectivity index (χ4n) is 1.73. The minimum absolute atomic E-state index is 0.00940. The number of hydrogen-bond acceptors (Lipinski definition) is 2. The highest BCUT2D eigenvalue weighted by molar-refractivity contribution is 6.08. The van der Waals surface area contributed by atoms with E-state index in [1.54, 1.807) is 6.20 Å². The summed E-state index contributed by atoms with van der Waals surface area (Å²) in [5, 5.41) is 10.5. The average Bonchev–Trinajstić information content (AvgIpc) is 2.70. The van der Waals surface area contributed by atoms with Crippen LogP contribution in [0, 0.1) is 0 Å². The van der Waals surface area contributed by atoms with Gasteiger partial charge in [0.05, 0.1) is 17.3 Å². The molecule has 0 unspecified atom stereocenters. The minimum atomic E-state index is -0.00940. The number of nitrogens with one attached hydrogen (secondary N) is 2. The van der Waals surface area contributed by atoms with Crippen molar-refractivity contribution in [2.45, 2.75) is 6.54 Å². The molecular formula is C9H7N3O. The summed E-state index contributed by atoms with van der Waals surface area (Å²) in [5.41, 5.74) is 2.63. The Labute approximate surface area is 73.9 Å². The Bertz CT molecular complexity index is 501. The summed E-state index contributed by atoms with van der Waals surface area (Å²) in [5.74, 6) is -0.00940. The zero-order chi connectivity index (χ0) is 8.84. The summed E-state index contributed by atoms with van der Waals surface area (Å²) in [6.07, 6.45) is 1.72. The lowest BCUT2D eigenvalue weighted by Gasteiger charge is -1.95. The Balaban J connectivity index is 2.49. The smallest absolute Gasteiger partial charge is 0.254 e. The van der Waals surface area contributed by atoms with Crippen molar-refractivity contribution in [3.63, 3.8) is 0 Å². The van der Waals surface area contributed by atoms with Gasteiger partial charge in [-0.25, -0.2) is 0 Å². The molecule has 0 saturated carbocycles. The molecule has 1 aromatic carbocycles. The first-order valence-electron chi connectivity index (χ1n) is 4.09. The van der Waals surface area contributed by atoms with Crippen LogP contribution in [0.3, 0.4) is 0 Å². The van der Waals surface area contributed by atoms with E-state index >= 15 is 0 Å². The molecule has 0 atom stereocenters. The van der Waals surface area contributed by atoms with E-state index < -0.39 is 0 Å². The number of H-pyrrole nitrogens is 1. The fraction of sp³-hybridized carbons (Fsp3) is 0.111. The first kappa shape index (κ1) is 6.65. The Morgan fingerprint density at radius 2 is 2.31 bits per heavy atom. The molecule has 0 spiro atoms. The third kappa shape index (κ3) is 0.744. The van der Waals surface area contributed by atoms with E-state index in [0.29, 0.717) is 6.54 Å². The molecule has 2 aromatic rings. The largest absolute Gasteiger partial charge is 0.348 e. The predicted octanol–water partition coefficient (Wildman–Crippen LogP) is 0.806. The molecule has 0 radical (unpaired) electrons. The molecule has 1 amide bonds. The number of aromatic nitrogens is 2. The van der Waals surface area contributed by atoms with Crippen molar-refractivity contribution in [2.24, 2.45) is 0 Å². The maximum absolute atomic E-state index is 11.4. The highest BCUT2D eigenvalue weighted by atomic mass is 16.1. The molecule has 1 aliphatic heterocycles. The van der Waals surface area contributed by atoms with Crippen LogP contribution in [0.5, 0.6) is 0 Å². The van der Waals surface area contributed by atoms with Gasteiger partial charge in [0.2, 0.25) is 0 Å². The topological polar surface area (TPSA) is 57.8 Å². The SMILES string of the molecule is O=C1NCc2ccc3cn[nH]c3c21. The van der Waals surface area contributed by atoms with Gasteiger partial charge >= 0.3 is 0 Å². The van der Waals surface area contributed by atoms with Crippen molar-refractivity contribution < 1.29 is 4.79 Å². The number of rotatable bonds is 0. The lowest BCUT2D eigenvalue weighted by Crippen LogP contribution is -2.12. The van der Waals surface area contributed by atoms with Gasteiger partial charge in [-0.15, -0.1) is 0 Å². The van der Waals surface area contributed by atoms with Gasteiger partial charge in [-0.2, -0.15) is 5.10 Å². The average molecular weight is 173 g/mol. The first-order chi connectivity index (χ1) is 6.36. The summed E-state index contributed by atoms with van der Waals surface area (Å²) in [6.45, 7) is 0.628. The summed E-state index contributed by atoms with van der Waals surface area (Å²) >= 11 is 0. The monoisotopic (exact) mass is 173 g/mol. The maximum atomic E-state index is 11.4. The number of carbonyl (C=O) groups is 1. The molecule has 13 heavy (non-hydrogen) atoms. The van der Waals surface area contributed by atoms with Crippen molar-refractivity contribution >= 4 is 16.8 Å². The number of benzene rings is 1. The van der Waals surface area contributed by atoms with E-state index in [-0.39, 0.29) is 5.91 Å². The molecule has 4 heteroatoms. The van der Waals surface area contributed by atoms with E-state index in [0.717, 1.165) is 22.0 Å². The second kappa shape index (κ2) is 2.10. The molecular weight excluding hydrogens is 166 g/mol. The van der Waals surface area contributed by atoms with Gasteiger partial charge in [-0.05, 0) is 5.56 Å². The standard InChI is InChI=1S/C9H7N3O/c13-9-7-5(3-10-9)1-2-6-4-11-12-8(6)7/h1-2,4H,3H2,(H,10,13)(H,11,12). The van der Waals surface area contributed by atoms with Gasteiger partial charge in [0, 0.05) is 11.9 Å². The Hall–Kier alpha value is -1.84. The number of nitrogens with zero attached hydrogens (tertiary/aromatic N) is 1. The summed E-state index contributed by atoms with van der Waals surface area (Å²) in [6, 6.07) is 3.93. The van der Waals surface area contributed by atoms with Gasteiger partial charge < -0.3 is 5.32 Å². The number of amides is 1. The van der Waals surface area contributed by atoms with E-state index in [4.69, 9.17) is 0 Å². The number of fused-ring (bicyclic) bond motifs is 3. The quantitative estimate of drug-likeness (QED) is 0.619. The Morgan fingerprint density at radius 1 is 1.38 bits per heavy atom. The number of hydrogen-bond donors (Lipinski definition) is 2. The molecule has 0 aliphatic carbocycles. The molecule has 1 aliphatic rings. The van der Waals surface area contributed by atoms with Crippen molar-refractivity contribution in [3.8, 4) is 0 Å². The van der Waals surface area contributed by atoms with Gasteiger partial charge in [0.15, 0.2) is 0 Å². The molecule has 1 aromatic heterocycles. The van der Waals surface area contributed by atoms with Crippen LogP contribution < -0.4 is 5.32 Å². The van der Waals surface area contributed by atoms with Crippen LogP contribution in [0.1, 0.15) is 15.9 Å². The molecule has 0 bridgehead atoms. The van der Waals surface area contributed by atoms with E-state index in [1.165, 1.54) is 0 Å². The van der Waals surface area contributed by atoms with Gasteiger partial charge in [0.25, 0.3) is 5.91 Å². The summed E-state index contributed by atoms with van der Waals surface area (Å²) in [4.78, 5) is 11.4. The molecule has 0 fully saturated rings. The third-order valence-corrected chi connectivity index (χ3v) is 2.37. The maximum Gasteiger partial charge on any atom is 0.254 e. The predicted molar refractivity (Wildman–Crippen MR) is 47.3 cm³/mol. The Morgan fingerprint density at radius 3 is 3.23 bits per heavy atom. The fourth-order valence-corrected chi connectivity index (χ4v) is 1.73. The molecule has 3 rings (SSSR count). The highest BCUT2D eigenvalue weighted by Crippen LogP contribution is 2.23. The van der Waals surface area contributed by atoms with Crippen LogP contribution in [0.25, 0.3) is 10.9 Å². The lowest BCUT2D eigenvalue weighted by molar-refractivity contribution is 0.0967. The Kier molecular flexibility index (Phi) is 1.07. The van der Waals surface area contributed by atoms with Crippen LogP contribution in [-0.2, 0) is 6.54 Å². The van der Waals surface area contributed by atoms with E-state index in [1.807, 2.05) is 12.1 Å². The second-order valence-electron chi connectivity index (χ2n) is 3.12.